The monoisotopic (exact) mass is 285 g/mol. The number of benzene rings is 1. The van der Waals surface area contributed by atoms with E-state index in [2.05, 4.69) is 15.6 Å². The number of aromatic nitrogens is 1. The molecule has 0 radical (unpaired) electrons. The fraction of sp³-hybridized carbons (Fsp3) is 0.250. The number of amides is 2. The zero-order valence-electron chi connectivity index (χ0n) is 12.0. The molecule has 2 aromatic rings. The van der Waals surface area contributed by atoms with Gasteiger partial charge in [0.25, 0.3) is 0 Å². The van der Waals surface area contributed by atoms with E-state index in [0.29, 0.717) is 19.7 Å². The van der Waals surface area contributed by atoms with E-state index >= 15 is 0 Å². The molecule has 2 N–H and O–H groups in total. The third-order valence-corrected chi connectivity index (χ3v) is 3.06. The van der Waals surface area contributed by atoms with E-state index in [1.165, 1.54) is 0 Å². The van der Waals surface area contributed by atoms with Gasteiger partial charge in [-0.15, -0.1) is 0 Å². The first kappa shape index (κ1) is 15.0. The van der Waals surface area contributed by atoms with Crippen LogP contribution in [0.5, 0.6) is 0 Å². The zero-order valence-corrected chi connectivity index (χ0v) is 12.0. The molecule has 0 bridgehead atoms. The lowest BCUT2D eigenvalue weighted by Gasteiger charge is -2.11. The van der Waals surface area contributed by atoms with Crippen molar-refractivity contribution in [1.82, 2.24) is 15.6 Å². The molecule has 110 valence electrons. The van der Waals surface area contributed by atoms with Crippen molar-refractivity contribution >= 4 is 6.03 Å². The molecule has 0 unspecified atom stereocenters. The third kappa shape index (κ3) is 4.89. The summed E-state index contributed by atoms with van der Waals surface area (Å²) in [5.41, 5.74) is 3.15. The second-order valence-corrected chi connectivity index (χ2v) is 4.59. The van der Waals surface area contributed by atoms with Gasteiger partial charge in [0.2, 0.25) is 0 Å². The summed E-state index contributed by atoms with van der Waals surface area (Å²) >= 11 is 0. The number of nitrogens with one attached hydrogen (secondary N) is 2. The van der Waals surface area contributed by atoms with Gasteiger partial charge < -0.3 is 15.4 Å². The molecule has 0 aliphatic carbocycles. The summed E-state index contributed by atoms with van der Waals surface area (Å²) in [6.45, 7) is 1.49. The minimum atomic E-state index is -0.195. The molecule has 1 aromatic heterocycles. The summed E-state index contributed by atoms with van der Waals surface area (Å²) in [5.74, 6) is 0. The van der Waals surface area contributed by atoms with Crippen LogP contribution >= 0.6 is 0 Å². The number of urea groups is 1. The van der Waals surface area contributed by atoms with Crippen LogP contribution in [0.2, 0.25) is 0 Å². The highest BCUT2D eigenvalue weighted by Gasteiger charge is 2.04. The maximum Gasteiger partial charge on any atom is 0.315 e. The Bertz CT molecular complexity index is 573. The molecule has 5 nitrogen and oxygen atoms in total. The molecular weight excluding hydrogens is 266 g/mol. The van der Waals surface area contributed by atoms with Crippen LogP contribution in [0.4, 0.5) is 4.79 Å². The SMILES string of the molecule is COCc1ccccc1CNC(=O)NCc1ccncc1. The molecule has 0 aliphatic heterocycles. The number of carbonyl (C=O) groups is 1. The van der Waals surface area contributed by atoms with Gasteiger partial charge >= 0.3 is 6.03 Å². The average molecular weight is 285 g/mol. The van der Waals surface area contributed by atoms with Crippen LogP contribution in [-0.4, -0.2) is 18.1 Å². The highest BCUT2D eigenvalue weighted by Crippen LogP contribution is 2.09. The van der Waals surface area contributed by atoms with Crippen molar-refractivity contribution in [3.63, 3.8) is 0 Å². The first-order valence-electron chi connectivity index (χ1n) is 6.76. The number of methoxy groups -OCH3 is 1. The largest absolute Gasteiger partial charge is 0.380 e. The number of rotatable bonds is 6. The summed E-state index contributed by atoms with van der Waals surface area (Å²) in [5, 5.41) is 5.66. The molecular formula is C16H19N3O2. The molecule has 0 spiro atoms. The van der Waals surface area contributed by atoms with Crippen molar-refractivity contribution in [2.75, 3.05) is 7.11 Å². The topological polar surface area (TPSA) is 63.2 Å². The summed E-state index contributed by atoms with van der Waals surface area (Å²) in [4.78, 5) is 15.7. The number of ether oxygens (including phenoxy) is 1. The molecule has 1 heterocycles. The first-order valence-corrected chi connectivity index (χ1v) is 6.76. The van der Waals surface area contributed by atoms with Crippen LogP contribution < -0.4 is 10.6 Å². The van der Waals surface area contributed by atoms with Gasteiger partial charge in [0.05, 0.1) is 6.61 Å². The van der Waals surface area contributed by atoms with Gasteiger partial charge in [-0.2, -0.15) is 0 Å². The van der Waals surface area contributed by atoms with Crippen molar-refractivity contribution in [3.05, 3.63) is 65.5 Å². The van der Waals surface area contributed by atoms with E-state index in [-0.39, 0.29) is 6.03 Å². The molecule has 0 atom stereocenters. The van der Waals surface area contributed by atoms with Crippen LogP contribution in [0.15, 0.2) is 48.8 Å². The minimum Gasteiger partial charge on any atom is -0.380 e. The lowest BCUT2D eigenvalue weighted by Crippen LogP contribution is -2.34. The quantitative estimate of drug-likeness (QED) is 0.855. The van der Waals surface area contributed by atoms with Crippen molar-refractivity contribution < 1.29 is 9.53 Å². The number of hydrogen-bond acceptors (Lipinski definition) is 3. The number of hydrogen-bond donors (Lipinski definition) is 2. The van der Waals surface area contributed by atoms with E-state index < -0.39 is 0 Å². The molecule has 0 fully saturated rings. The van der Waals surface area contributed by atoms with E-state index in [4.69, 9.17) is 4.74 Å². The van der Waals surface area contributed by atoms with Crippen LogP contribution in [-0.2, 0) is 24.4 Å². The molecule has 2 amide bonds. The molecule has 0 saturated carbocycles. The Morgan fingerprint density at radius 1 is 1.05 bits per heavy atom. The fourth-order valence-corrected chi connectivity index (χ4v) is 1.95. The zero-order chi connectivity index (χ0) is 14.9. The smallest absolute Gasteiger partial charge is 0.315 e. The van der Waals surface area contributed by atoms with E-state index in [9.17, 15) is 4.79 Å². The number of pyridine rings is 1. The molecule has 21 heavy (non-hydrogen) atoms. The first-order chi connectivity index (χ1) is 10.3. The highest BCUT2D eigenvalue weighted by molar-refractivity contribution is 5.73. The predicted octanol–water partition coefficient (Wildman–Crippen LogP) is 2.23. The van der Waals surface area contributed by atoms with Crippen molar-refractivity contribution in [2.24, 2.45) is 0 Å². The van der Waals surface area contributed by atoms with Crippen LogP contribution in [0.3, 0.4) is 0 Å². The van der Waals surface area contributed by atoms with Crippen molar-refractivity contribution in [3.8, 4) is 0 Å². The Kier molecular flexibility index (Phi) is 5.72. The standard InChI is InChI=1S/C16H19N3O2/c1-21-12-15-5-3-2-4-14(15)11-19-16(20)18-10-13-6-8-17-9-7-13/h2-9H,10-12H2,1H3,(H2,18,19,20). The van der Waals surface area contributed by atoms with Gasteiger partial charge in [0.15, 0.2) is 0 Å². The maximum atomic E-state index is 11.8. The van der Waals surface area contributed by atoms with E-state index in [0.717, 1.165) is 16.7 Å². The van der Waals surface area contributed by atoms with Gasteiger partial charge in [-0.1, -0.05) is 24.3 Å². The van der Waals surface area contributed by atoms with Crippen LogP contribution in [0, 0.1) is 0 Å². The van der Waals surface area contributed by atoms with Gasteiger partial charge in [-0.3, -0.25) is 4.98 Å². The van der Waals surface area contributed by atoms with Gasteiger partial charge in [0.1, 0.15) is 0 Å². The molecule has 2 rings (SSSR count). The number of carbonyl (C=O) groups excluding carboxylic acids is 1. The third-order valence-electron chi connectivity index (χ3n) is 3.06. The molecule has 5 heteroatoms. The molecule has 0 aliphatic rings. The van der Waals surface area contributed by atoms with E-state index in [1.807, 2.05) is 36.4 Å². The normalized spacial score (nSPS) is 10.1. The maximum absolute atomic E-state index is 11.8. The Morgan fingerprint density at radius 3 is 2.43 bits per heavy atom. The second kappa shape index (κ2) is 8.01. The predicted molar refractivity (Wildman–Crippen MR) is 80.5 cm³/mol. The van der Waals surface area contributed by atoms with Gasteiger partial charge in [-0.05, 0) is 28.8 Å². The van der Waals surface area contributed by atoms with Crippen molar-refractivity contribution in [1.29, 1.82) is 0 Å². The van der Waals surface area contributed by atoms with Gasteiger partial charge in [-0.25, -0.2) is 4.79 Å². The fourth-order valence-electron chi connectivity index (χ4n) is 1.95. The lowest BCUT2D eigenvalue weighted by molar-refractivity contribution is 0.184. The summed E-state index contributed by atoms with van der Waals surface area (Å²) in [7, 11) is 1.66. The second-order valence-electron chi connectivity index (χ2n) is 4.59. The van der Waals surface area contributed by atoms with E-state index in [1.54, 1.807) is 19.5 Å². The summed E-state index contributed by atoms with van der Waals surface area (Å²) in [6, 6.07) is 11.4. The Labute approximate surface area is 124 Å². The summed E-state index contributed by atoms with van der Waals surface area (Å²) in [6.07, 6.45) is 3.41. The van der Waals surface area contributed by atoms with Gasteiger partial charge in [0, 0.05) is 32.6 Å². The van der Waals surface area contributed by atoms with Crippen LogP contribution in [0.1, 0.15) is 16.7 Å². The summed E-state index contributed by atoms with van der Waals surface area (Å²) < 4.78 is 5.15. The van der Waals surface area contributed by atoms with Crippen molar-refractivity contribution in [2.45, 2.75) is 19.7 Å². The molecule has 0 saturated heterocycles. The van der Waals surface area contributed by atoms with Crippen LogP contribution in [0.25, 0.3) is 0 Å². The Morgan fingerprint density at radius 2 is 1.71 bits per heavy atom. The minimum absolute atomic E-state index is 0.195. The Balaban J connectivity index is 1.81. The number of nitrogens with zero attached hydrogens (tertiary/aromatic N) is 1. The lowest BCUT2D eigenvalue weighted by atomic mass is 10.1. The average Bonchev–Trinajstić information content (AvgIpc) is 2.53. The Hall–Kier alpha value is -2.40. The highest BCUT2D eigenvalue weighted by atomic mass is 16.5. The molecule has 1 aromatic carbocycles.